The molecule has 0 saturated carbocycles. The summed E-state index contributed by atoms with van der Waals surface area (Å²) in [7, 11) is 0. The minimum Gasteiger partial charge on any atom is -0.345 e. The first-order valence-corrected chi connectivity index (χ1v) is 12.3. The molecule has 0 spiro atoms. The third-order valence-electron chi connectivity index (χ3n) is 5.68. The van der Waals surface area contributed by atoms with Crippen LogP contribution in [0.15, 0.2) is 61.1 Å². The fraction of sp³-hybridized carbons (Fsp3) is 0.308. The Labute approximate surface area is 227 Å². The van der Waals surface area contributed by atoms with E-state index in [4.69, 9.17) is 0 Å². The number of nitrogens with zero attached hydrogens (tertiary/aromatic N) is 7. The van der Waals surface area contributed by atoms with E-state index >= 15 is 0 Å². The number of carbonyl (C=O) groups excluding carboxylic acids is 2. The zero-order chi connectivity index (χ0) is 28.5. The van der Waals surface area contributed by atoms with E-state index in [1.54, 1.807) is 36.5 Å². The predicted octanol–water partition coefficient (Wildman–Crippen LogP) is 3.05. The van der Waals surface area contributed by atoms with Crippen molar-refractivity contribution in [2.45, 2.75) is 51.4 Å². The van der Waals surface area contributed by atoms with Crippen LogP contribution >= 0.6 is 0 Å². The molecule has 0 bridgehead atoms. The van der Waals surface area contributed by atoms with Crippen LogP contribution < -0.4 is 10.6 Å². The van der Waals surface area contributed by atoms with Gasteiger partial charge in [0.1, 0.15) is 6.17 Å². The van der Waals surface area contributed by atoms with E-state index in [0.29, 0.717) is 17.8 Å². The van der Waals surface area contributed by atoms with Gasteiger partial charge in [0, 0.05) is 30.6 Å². The van der Waals surface area contributed by atoms with Gasteiger partial charge < -0.3 is 10.6 Å². The molecule has 4 aromatic heterocycles. The Morgan fingerprint density at radius 3 is 2.55 bits per heavy atom. The fourth-order valence-corrected chi connectivity index (χ4v) is 3.61. The van der Waals surface area contributed by atoms with Crippen molar-refractivity contribution in [3.8, 4) is 0 Å². The first-order chi connectivity index (χ1) is 19.2. The molecule has 14 heteroatoms. The van der Waals surface area contributed by atoms with Gasteiger partial charge in [0.2, 0.25) is 5.91 Å². The van der Waals surface area contributed by atoms with Crippen molar-refractivity contribution in [2.75, 3.05) is 5.32 Å². The summed E-state index contributed by atoms with van der Waals surface area (Å²) in [6, 6.07) is 11.0. The molecular formula is C26H26F3N9O2. The molecule has 0 aliphatic carbocycles. The topological polar surface area (TPSA) is 140 Å². The van der Waals surface area contributed by atoms with Gasteiger partial charge in [-0.05, 0) is 49.2 Å². The van der Waals surface area contributed by atoms with Crippen molar-refractivity contribution in [1.82, 2.24) is 40.5 Å². The van der Waals surface area contributed by atoms with Gasteiger partial charge >= 0.3 is 0 Å². The second-order valence-corrected chi connectivity index (χ2v) is 9.02. The molecule has 0 aromatic carbocycles. The first kappa shape index (κ1) is 28.3. The molecule has 0 aliphatic heterocycles. The fourth-order valence-electron chi connectivity index (χ4n) is 3.61. The minimum absolute atomic E-state index is 0.0456. The van der Waals surface area contributed by atoms with Crippen LogP contribution in [-0.2, 0) is 36.6 Å². The molecule has 2 N–H and O–H groups in total. The van der Waals surface area contributed by atoms with Gasteiger partial charge in [0.15, 0.2) is 11.5 Å². The summed E-state index contributed by atoms with van der Waals surface area (Å²) >= 11 is 0. The summed E-state index contributed by atoms with van der Waals surface area (Å²) in [6.45, 7) is 0.554. The quantitative estimate of drug-likeness (QED) is 0.273. The summed E-state index contributed by atoms with van der Waals surface area (Å²) in [6.07, 6.45) is 3.36. The second-order valence-electron chi connectivity index (χ2n) is 9.02. The number of amides is 2. The summed E-state index contributed by atoms with van der Waals surface area (Å²) in [5, 5.41) is 20.7. The normalized spacial score (nSPS) is 12.1. The number of carbonyl (C=O) groups is 2. The number of hydrogen-bond acceptors (Lipinski definition) is 8. The van der Waals surface area contributed by atoms with Gasteiger partial charge in [0.05, 0.1) is 37.1 Å². The molecule has 40 heavy (non-hydrogen) atoms. The number of rotatable bonds is 12. The van der Waals surface area contributed by atoms with E-state index in [1.807, 2.05) is 0 Å². The van der Waals surface area contributed by atoms with Crippen molar-refractivity contribution < 1.29 is 22.8 Å². The lowest BCUT2D eigenvalue weighted by Crippen LogP contribution is -2.24. The van der Waals surface area contributed by atoms with Crippen LogP contribution in [-0.4, -0.2) is 53.1 Å². The lowest BCUT2D eigenvalue weighted by molar-refractivity contribution is -0.115. The van der Waals surface area contributed by atoms with Crippen LogP contribution in [0.4, 0.5) is 19.0 Å². The number of aromatic nitrogens is 7. The van der Waals surface area contributed by atoms with Crippen LogP contribution in [0.25, 0.3) is 0 Å². The highest BCUT2D eigenvalue weighted by molar-refractivity contribution is 5.92. The van der Waals surface area contributed by atoms with E-state index in [9.17, 15) is 22.8 Å². The number of anilines is 1. The average molecular weight is 554 g/mol. The Bertz CT molecular complexity index is 1430. The lowest BCUT2D eigenvalue weighted by Gasteiger charge is -2.11. The third-order valence-corrected chi connectivity index (χ3v) is 5.68. The Kier molecular flexibility index (Phi) is 9.09. The highest BCUT2D eigenvalue weighted by atomic mass is 19.3. The zero-order valence-electron chi connectivity index (χ0n) is 21.5. The Hall–Kier alpha value is -4.75. The summed E-state index contributed by atoms with van der Waals surface area (Å²) in [5.74, 6) is -3.62. The van der Waals surface area contributed by atoms with E-state index in [0.717, 1.165) is 6.92 Å². The number of aryl methyl sites for hydroxylation is 1. The molecule has 0 aliphatic rings. The van der Waals surface area contributed by atoms with Crippen LogP contribution in [0.5, 0.6) is 0 Å². The van der Waals surface area contributed by atoms with Crippen molar-refractivity contribution >= 4 is 17.6 Å². The van der Waals surface area contributed by atoms with E-state index in [1.165, 1.54) is 29.2 Å². The monoisotopic (exact) mass is 553 g/mol. The summed E-state index contributed by atoms with van der Waals surface area (Å²) in [4.78, 5) is 32.5. The number of pyridine rings is 2. The number of nitrogens with one attached hydrogen (secondary N) is 2. The first-order valence-electron chi connectivity index (χ1n) is 12.3. The third kappa shape index (κ3) is 8.38. The Morgan fingerprint density at radius 1 is 1.00 bits per heavy atom. The highest BCUT2D eigenvalue weighted by Crippen LogP contribution is 2.26. The summed E-state index contributed by atoms with van der Waals surface area (Å²) < 4.78 is 42.8. The maximum atomic E-state index is 14.6. The van der Waals surface area contributed by atoms with Crippen LogP contribution in [0.1, 0.15) is 46.5 Å². The Morgan fingerprint density at radius 2 is 1.82 bits per heavy atom. The van der Waals surface area contributed by atoms with Crippen molar-refractivity contribution in [3.05, 3.63) is 89.4 Å². The van der Waals surface area contributed by atoms with Crippen molar-refractivity contribution in [2.24, 2.45) is 0 Å². The molecule has 4 rings (SSSR count). The number of alkyl halides is 3. The van der Waals surface area contributed by atoms with E-state index < -0.39 is 18.0 Å². The molecule has 4 heterocycles. The van der Waals surface area contributed by atoms with Gasteiger partial charge in [-0.1, -0.05) is 11.3 Å². The van der Waals surface area contributed by atoms with E-state index in [2.05, 4.69) is 41.1 Å². The smallest absolute Gasteiger partial charge is 0.273 e. The molecule has 0 saturated heterocycles. The second kappa shape index (κ2) is 12.9. The SMILES string of the molecule is CC(F)(F)c1ccnc(CNC(=O)c2cn(CC(F)CCc3ccc(NC(=O)Cc4ccccn4)nn3)nn2)c1. The molecule has 1 atom stereocenters. The molecule has 208 valence electrons. The maximum absolute atomic E-state index is 14.6. The lowest BCUT2D eigenvalue weighted by atomic mass is 10.1. The maximum Gasteiger partial charge on any atom is 0.273 e. The highest BCUT2D eigenvalue weighted by Gasteiger charge is 2.24. The molecule has 0 radical (unpaired) electrons. The van der Waals surface area contributed by atoms with Gasteiger partial charge in [-0.25, -0.2) is 17.9 Å². The zero-order valence-corrected chi connectivity index (χ0v) is 21.5. The van der Waals surface area contributed by atoms with Crippen LogP contribution in [0.2, 0.25) is 0 Å². The predicted molar refractivity (Wildman–Crippen MR) is 137 cm³/mol. The number of halogens is 3. The molecular weight excluding hydrogens is 527 g/mol. The van der Waals surface area contributed by atoms with Gasteiger partial charge in [-0.2, -0.15) is 5.10 Å². The largest absolute Gasteiger partial charge is 0.345 e. The minimum atomic E-state index is -3.03. The molecule has 2 amide bonds. The number of hydrogen-bond donors (Lipinski definition) is 2. The molecule has 4 aromatic rings. The Balaban J connectivity index is 1.20. The van der Waals surface area contributed by atoms with Crippen molar-refractivity contribution in [1.29, 1.82) is 0 Å². The van der Waals surface area contributed by atoms with Gasteiger partial charge in [0.25, 0.3) is 11.8 Å². The standard InChI is InChI=1S/C26H26F3N9O2/c1-26(28,29)17-9-11-31-21(12-17)14-32-25(40)22-16-38(37-35-22)15-18(27)5-6-19-7-8-23(36-34-19)33-24(39)13-20-4-2-3-10-30-20/h2-4,7-12,16,18H,5-6,13-15H2,1H3,(H,32,40)(H,33,36,39). The van der Waals surface area contributed by atoms with E-state index in [-0.39, 0.29) is 54.6 Å². The van der Waals surface area contributed by atoms with Gasteiger partial charge in [-0.15, -0.1) is 10.2 Å². The van der Waals surface area contributed by atoms with Crippen LogP contribution in [0, 0.1) is 0 Å². The molecule has 0 fully saturated rings. The van der Waals surface area contributed by atoms with Crippen molar-refractivity contribution in [3.63, 3.8) is 0 Å². The molecule has 11 nitrogen and oxygen atoms in total. The summed E-state index contributed by atoms with van der Waals surface area (Å²) in [5.41, 5.74) is 1.17. The van der Waals surface area contributed by atoms with Gasteiger partial charge in [-0.3, -0.25) is 19.6 Å². The molecule has 1 unspecified atom stereocenters. The average Bonchev–Trinajstić information content (AvgIpc) is 3.40. The van der Waals surface area contributed by atoms with Crippen LogP contribution in [0.3, 0.4) is 0 Å².